The first-order chi connectivity index (χ1) is 12.1. The minimum atomic E-state index is -3.63. The van der Waals surface area contributed by atoms with Crippen LogP contribution in [0.4, 0.5) is 10.8 Å². The molecule has 10 heteroatoms. The summed E-state index contributed by atoms with van der Waals surface area (Å²) in [5, 5.41) is 11.3. The minimum absolute atomic E-state index is 0.323. The van der Waals surface area contributed by atoms with E-state index in [1.807, 2.05) is 45.9 Å². The van der Waals surface area contributed by atoms with E-state index in [1.165, 1.54) is 11.3 Å². The molecule has 0 saturated carbocycles. The van der Waals surface area contributed by atoms with E-state index in [2.05, 4.69) is 15.5 Å². The number of sulfonamides is 1. The number of nitrogens with zero attached hydrogens (tertiary/aromatic N) is 3. The Morgan fingerprint density at radius 2 is 1.88 bits per heavy atom. The van der Waals surface area contributed by atoms with Gasteiger partial charge < -0.3 is 0 Å². The number of para-hydroxylation sites is 1. The molecule has 2 rings (SSSR count). The Kier molecular flexibility index (Phi) is 6.64. The van der Waals surface area contributed by atoms with Crippen molar-refractivity contribution in [3.8, 4) is 0 Å². The minimum Gasteiger partial charge on any atom is -0.299 e. The van der Waals surface area contributed by atoms with E-state index in [0.29, 0.717) is 16.1 Å². The highest BCUT2D eigenvalue weighted by Gasteiger charge is 2.24. The molecule has 0 fully saturated rings. The van der Waals surface area contributed by atoms with Gasteiger partial charge in [0.25, 0.3) is 0 Å². The third-order valence-electron chi connectivity index (χ3n) is 3.37. The normalized spacial score (nSPS) is 11.6. The Hall–Kier alpha value is -1.65. The highest BCUT2D eigenvalue weighted by molar-refractivity contribution is 8.01. The first-order valence-corrected chi connectivity index (χ1v) is 11.5. The zero-order valence-corrected chi connectivity index (χ0v) is 17.8. The van der Waals surface area contributed by atoms with Crippen molar-refractivity contribution in [1.82, 2.24) is 10.2 Å². The second-order valence-electron chi connectivity index (χ2n) is 6.10. The number of carbonyl (C=O) groups excluding carboxylic acids is 1. The second-order valence-corrected chi connectivity index (χ2v) is 10.8. The van der Waals surface area contributed by atoms with E-state index < -0.39 is 15.9 Å². The Morgan fingerprint density at radius 1 is 1.27 bits per heavy atom. The maximum absolute atomic E-state index is 12.4. The molecule has 142 valence electrons. The summed E-state index contributed by atoms with van der Waals surface area (Å²) in [6, 6.07) is 5.49. The summed E-state index contributed by atoms with van der Waals surface area (Å²) in [6.45, 7) is 7.39. The molecule has 2 aromatic rings. The number of aromatic nitrogens is 2. The number of thioether (sulfide) groups is 1. The van der Waals surface area contributed by atoms with Crippen molar-refractivity contribution in [1.29, 1.82) is 0 Å². The van der Waals surface area contributed by atoms with Crippen LogP contribution < -0.4 is 9.62 Å². The van der Waals surface area contributed by atoms with Crippen LogP contribution in [-0.2, 0) is 14.8 Å². The average Bonchev–Trinajstić information content (AvgIpc) is 2.91. The molecule has 7 nitrogen and oxygen atoms in total. The quantitative estimate of drug-likeness (QED) is 0.553. The number of benzene rings is 1. The molecule has 1 aromatic carbocycles. The first-order valence-electron chi connectivity index (χ1n) is 7.92. The second kappa shape index (κ2) is 8.36. The number of anilines is 2. The van der Waals surface area contributed by atoms with Gasteiger partial charge in [-0.25, -0.2) is 8.42 Å². The van der Waals surface area contributed by atoms with Gasteiger partial charge in [0.2, 0.25) is 21.1 Å². The lowest BCUT2D eigenvalue weighted by Gasteiger charge is -2.25. The average molecular weight is 415 g/mol. The third kappa shape index (κ3) is 5.42. The van der Waals surface area contributed by atoms with Gasteiger partial charge in [-0.3, -0.25) is 14.4 Å². The van der Waals surface area contributed by atoms with Gasteiger partial charge in [-0.15, -0.1) is 10.2 Å². The summed E-state index contributed by atoms with van der Waals surface area (Å²) in [6.07, 6.45) is 1.09. The van der Waals surface area contributed by atoms with Crippen LogP contribution in [0.5, 0.6) is 0 Å². The molecule has 0 bridgehead atoms. The molecule has 1 N–H and O–H groups in total. The van der Waals surface area contributed by atoms with E-state index in [1.54, 1.807) is 11.8 Å². The number of carbonyl (C=O) groups is 1. The van der Waals surface area contributed by atoms with Crippen molar-refractivity contribution in [2.45, 2.75) is 37.3 Å². The Bertz CT molecular complexity index is 874. The topological polar surface area (TPSA) is 92.3 Å². The predicted molar refractivity (Wildman–Crippen MR) is 108 cm³/mol. The number of rotatable bonds is 7. The molecule has 0 aliphatic carbocycles. The summed E-state index contributed by atoms with van der Waals surface area (Å²) in [7, 11) is -3.63. The van der Waals surface area contributed by atoms with Crippen LogP contribution in [-0.4, -0.2) is 42.6 Å². The smallest absolute Gasteiger partial charge is 0.246 e. The molecule has 1 heterocycles. The van der Waals surface area contributed by atoms with Crippen molar-refractivity contribution in [3.05, 3.63) is 29.3 Å². The van der Waals surface area contributed by atoms with Crippen molar-refractivity contribution in [2.75, 3.05) is 22.4 Å². The number of amides is 1. The molecule has 1 aromatic heterocycles. The third-order valence-corrected chi connectivity index (χ3v) is 6.40. The van der Waals surface area contributed by atoms with Crippen LogP contribution in [0.2, 0.25) is 0 Å². The molecular formula is C16H22N4O3S3. The Morgan fingerprint density at radius 3 is 2.42 bits per heavy atom. The van der Waals surface area contributed by atoms with E-state index in [0.717, 1.165) is 26.0 Å². The largest absolute Gasteiger partial charge is 0.299 e. The lowest BCUT2D eigenvalue weighted by Crippen LogP contribution is -2.38. The molecule has 0 saturated heterocycles. The van der Waals surface area contributed by atoms with E-state index in [9.17, 15) is 13.2 Å². The fraction of sp³-hybridized carbons (Fsp3) is 0.438. The van der Waals surface area contributed by atoms with Crippen LogP contribution in [0.3, 0.4) is 0 Å². The number of hydrogen-bond donors (Lipinski definition) is 1. The lowest BCUT2D eigenvalue weighted by atomic mass is 10.1. The summed E-state index contributed by atoms with van der Waals surface area (Å²) in [5.41, 5.74) is 2.10. The van der Waals surface area contributed by atoms with Gasteiger partial charge in [0.1, 0.15) is 6.54 Å². The van der Waals surface area contributed by atoms with Crippen molar-refractivity contribution in [2.24, 2.45) is 0 Å². The van der Waals surface area contributed by atoms with Crippen LogP contribution in [0.1, 0.15) is 25.0 Å². The molecule has 0 radical (unpaired) electrons. The fourth-order valence-corrected chi connectivity index (χ4v) is 5.32. The van der Waals surface area contributed by atoms with Crippen molar-refractivity contribution < 1.29 is 13.2 Å². The monoisotopic (exact) mass is 414 g/mol. The summed E-state index contributed by atoms with van der Waals surface area (Å²) in [4.78, 5) is 12.4. The molecule has 1 amide bonds. The standard InChI is InChI=1S/C16H22N4O3S3/c1-10(2)24-16-19-18-15(25-16)17-13(21)9-20(26(5,22)23)14-11(3)7-6-8-12(14)4/h6-8,10H,9H2,1-5H3,(H,17,18,21). The van der Waals surface area contributed by atoms with Gasteiger partial charge in [-0.2, -0.15) is 0 Å². The number of hydrogen-bond acceptors (Lipinski definition) is 7. The van der Waals surface area contributed by atoms with E-state index in [-0.39, 0.29) is 6.54 Å². The first kappa shape index (κ1) is 20.7. The van der Waals surface area contributed by atoms with Crippen LogP contribution in [0.15, 0.2) is 22.5 Å². The summed E-state index contributed by atoms with van der Waals surface area (Å²) >= 11 is 2.82. The van der Waals surface area contributed by atoms with Crippen molar-refractivity contribution >= 4 is 49.8 Å². The van der Waals surface area contributed by atoms with E-state index >= 15 is 0 Å². The van der Waals surface area contributed by atoms with Crippen LogP contribution in [0, 0.1) is 13.8 Å². The fourth-order valence-electron chi connectivity index (χ4n) is 2.36. The zero-order chi connectivity index (χ0) is 19.5. The summed E-state index contributed by atoms with van der Waals surface area (Å²) in [5.74, 6) is -0.463. The maximum atomic E-state index is 12.4. The van der Waals surface area contributed by atoms with Crippen LogP contribution >= 0.6 is 23.1 Å². The Balaban J connectivity index is 2.19. The molecule has 0 spiro atoms. The number of aryl methyl sites for hydroxylation is 2. The highest BCUT2D eigenvalue weighted by atomic mass is 32.2. The SMILES string of the molecule is Cc1cccc(C)c1N(CC(=O)Nc1nnc(SC(C)C)s1)S(C)(=O)=O. The molecule has 0 atom stereocenters. The molecule has 26 heavy (non-hydrogen) atoms. The molecule has 0 aliphatic rings. The predicted octanol–water partition coefficient (Wildman–Crippen LogP) is 3.06. The van der Waals surface area contributed by atoms with E-state index in [4.69, 9.17) is 0 Å². The van der Waals surface area contributed by atoms with Gasteiger partial charge in [0, 0.05) is 5.25 Å². The number of nitrogens with one attached hydrogen (secondary N) is 1. The zero-order valence-electron chi connectivity index (χ0n) is 15.3. The summed E-state index contributed by atoms with van der Waals surface area (Å²) < 4.78 is 26.4. The van der Waals surface area contributed by atoms with Crippen LogP contribution in [0.25, 0.3) is 0 Å². The highest BCUT2D eigenvalue weighted by Crippen LogP contribution is 2.29. The van der Waals surface area contributed by atoms with Gasteiger partial charge in [0.05, 0.1) is 11.9 Å². The maximum Gasteiger partial charge on any atom is 0.246 e. The lowest BCUT2D eigenvalue weighted by molar-refractivity contribution is -0.114. The molecular weight excluding hydrogens is 392 g/mol. The Labute approximate surface area is 162 Å². The van der Waals surface area contributed by atoms with Gasteiger partial charge in [0.15, 0.2) is 4.34 Å². The van der Waals surface area contributed by atoms with Gasteiger partial charge in [-0.1, -0.05) is 55.1 Å². The van der Waals surface area contributed by atoms with Gasteiger partial charge in [-0.05, 0) is 25.0 Å². The van der Waals surface area contributed by atoms with Crippen molar-refractivity contribution in [3.63, 3.8) is 0 Å². The van der Waals surface area contributed by atoms with Gasteiger partial charge >= 0.3 is 0 Å². The molecule has 0 aliphatic heterocycles. The molecule has 0 unspecified atom stereocenters.